The topological polar surface area (TPSA) is 32.3 Å². The van der Waals surface area contributed by atoms with Crippen LogP contribution in [-0.2, 0) is 4.79 Å². The molecule has 2 fully saturated rings. The lowest BCUT2D eigenvalue weighted by atomic mass is 9.97. The van der Waals surface area contributed by atoms with Gasteiger partial charge in [0.05, 0.1) is 0 Å². The number of piperidine rings is 1. The van der Waals surface area contributed by atoms with Crippen LogP contribution in [0.1, 0.15) is 32.6 Å². The molecule has 3 rings (SSSR count). The summed E-state index contributed by atoms with van der Waals surface area (Å²) in [5, 5.41) is 3.65. The molecule has 128 valence electrons. The first kappa shape index (κ1) is 18.6. The number of carbonyl (C=O) groups is 1. The third-order valence-corrected chi connectivity index (χ3v) is 6.28. The smallest absolute Gasteiger partial charge is 0.226 e. The molecule has 1 aromatic rings. The minimum Gasteiger partial charge on any atom is -0.342 e. The van der Waals surface area contributed by atoms with Gasteiger partial charge in [-0.3, -0.25) is 4.79 Å². The van der Waals surface area contributed by atoms with Crippen molar-refractivity contribution in [1.82, 2.24) is 10.2 Å². The average Bonchev–Trinajstić information content (AvgIpc) is 2.90. The Balaban J connectivity index is 0.00000192. The van der Waals surface area contributed by atoms with Gasteiger partial charge in [0.1, 0.15) is 0 Å². The molecule has 5 heteroatoms. The van der Waals surface area contributed by atoms with Crippen LogP contribution in [-0.4, -0.2) is 41.7 Å². The van der Waals surface area contributed by atoms with Gasteiger partial charge in [-0.25, -0.2) is 0 Å². The Hall–Kier alpha value is -0.710. The van der Waals surface area contributed by atoms with Crippen molar-refractivity contribution in [2.24, 2.45) is 5.92 Å². The molecular formula is C18H27ClN2OS. The molecule has 2 bridgehead atoms. The highest BCUT2D eigenvalue weighted by molar-refractivity contribution is 7.99. The molecule has 3 atom stereocenters. The number of nitrogens with one attached hydrogen (secondary N) is 1. The number of rotatable bonds is 5. The number of carbonyl (C=O) groups excluding carboxylic acids is 1. The summed E-state index contributed by atoms with van der Waals surface area (Å²) in [6.07, 6.45) is 4.81. The Morgan fingerprint density at radius 1 is 1.26 bits per heavy atom. The van der Waals surface area contributed by atoms with Crippen LogP contribution < -0.4 is 5.32 Å². The van der Waals surface area contributed by atoms with E-state index in [0.29, 0.717) is 24.0 Å². The van der Waals surface area contributed by atoms with Crippen LogP contribution in [0, 0.1) is 5.92 Å². The highest BCUT2D eigenvalue weighted by Gasteiger charge is 2.37. The predicted octanol–water partition coefficient (Wildman–Crippen LogP) is 3.58. The Morgan fingerprint density at radius 3 is 2.48 bits per heavy atom. The van der Waals surface area contributed by atoms with Crippen molar-refractivity contribution < 1.29 is 4.79 Å². The zero-order valence-corrected chi connectivity index (χ0v) is 15.5. The predicted molar refractivity (Wildman–Crippen MR) is 99.3 cm³/mol. The lowest BCUT2D eigenvalue weighted by Crippen LogP contribution is -2.50. The summed E-state index contributed by atoms with van der Waals surface area (Å²) in [7, 11) is 2.00. The van der Waals surface area contributed by atoms with Crippen molar-refractivity contribution in [1.29, 1.82) is 0 Å². The number of hydrogen-bond donors (Lipinski definition) is 1. The maximum atomic E-state index is 12.7. The van der Waals surface area contributed by atoms with Crippen molar-refractivity contribution in [3.05, 3.63) is 30.3 Å². The first-order valence-electron chi connectivity index (χ1n) is 8.34. The number of amides is 1. The van der Waals surface area contributed by atoms with E-state index in [9.17, 15) is 4.79 Å². The molecule has 0 radical (unpaired) electrons. The standard InChI is InChI=1S/C18H26N2OS.ClH/c1-13(12-22-17-6-4-3-5-7-17)18(21)20(2)16-10-14-8-9-15(11-16)19-14;/h3-7,13-16,19H,8-12H2,1-2H3;1H. The Labute approximate surface area is 150 Å². The van der Waals surface area contributed by atoms with E-state index in [1.54, 1.807) is 11.8 Å². The van der Waals surface area contributed by atoms with Crippen LogP contribution in [0.25, 0.3) is 0 Å². The fourth-order valence-corrected chi connectivity index (χ4v) is 4.61. The average molecular weight is 355 g/mol. The molecule has 3 unspecified atom stereocenters. The number of fused-ring (bicyclic) bond motifs is 2. The van der Waals surface area contributed by atoms with Crippen molar-refractivity contribution in [2.75, 3.05) is 12.8 Å². The number of hydrogen-bond acceptors (Lipinski definition) is 3. The molecule has 2 saturated heterocycles. The van der Waals surface area contributed by atoms with Crippen LogP contribution in [0.15, 0.2) is 35.2 Å². The van der Waals surface area contributed by atoms with Crippen molar-refractivity contribution in [3.63, 3.8) is 0 Å². The lowest BCUT2D eigenvalue weighted by molar-refractivity contribution is -0.135. The second kappa shape index (κ2) is 8.41. The highest BCUT2D eigenvalue weighted by atomic mass is 35.5. The molecule has 3 nitrogen and oxygen atoms in total. The maximum absolute atomic E-state index is 12.7. The first-order valence-corrected chi connectivity index (χ1v) is 9.32. The third-order valence-electron chi connectivity index (χ3n) is 5.01. The van der Waals surface area contributed by atoms with Gasteiger partial charge in [-0.05, 0) is 37.8 Å². The Morgan fingerprint density at radius 2 is 1.87 bits per heavy atom. The fourth-order valence-electron chi connectivity index (χ4n) is 3.68. The van der Waals surface area contributed by atoms with Crippen LogP contribution in [0.3, 0.4) is 0 Å². The molecule has 0 aromatic heterocycles. The van der Waals surface area contributed by atoms with Gasteiger partial charge in [-0.1, -0.05) is 25.1 Å². The van der Waals surface area contributed by atoms with E-state index in [4.69, 9.17) is 0 Å². The summed E-state index contributed by atoms with van der Waals surface area (Å²) in [5.74, 6) is 1.22. The fraction of sp³-hybridized carbons (Fsp3) is 0.611. The van der Waals surface area contributed by atoms with Gasteiger partial charge in [0.15, 0.2) is 0 Å². The molecule has 0 saturated carbocycles. The van der Waals surface area contributed by atoms with Crippen molar-refractivity contribution in [2.45, 2.75) is 55.6 Å². The van der Waals surface area contributed by atoms with E-state index < -0.39 is 0 Å². The molecule has 2 aliphatic heterocycles. The third kappa shape index (κ3) is 4.65. The number of thioether (sulfide) groups is 1. The molecular weight excluding hydrogens is 328 g/mol. The number of benzene rings is 1. The summed E-state index contributed by atoms with van der Waals surface area (Å²) in [6.45, 7) is 2.06. The number of halogens is 1. The Bertz CT molecular complexity index is 501. The summed E-state index contributed by atoms with van der Waals surface area (Å²) in [5.41, 5.74) is 0. The SMILES string of the molecule is CC(CSc1ccccc1)C(=O)N(C)C1CC2CCC(C1)N2.Cl. The van der Waals surface area contributed by atoms with E-state index in [1.807, 2.05) is 30.1 Å². The van der Waals surface area contributed by atoms with Crippen molar-refractivity contribution >= 4 is 30.1 Å². The highest BCUT2D eigenvalue weighted by Crippen LogP contribution is 2.30. The van der Waals surface area contributed by atoms with Gasteiger partial charge in [-0.2, -0.15) is 0 Å². The zero-order chi connectivity index (χ0) is 15.5. The van der Waals surface area contributed by atoms with E-state index in [-0.39, 0.29) is 18.3 Å². The second-order valence-corrected chi connectivity index (χ2v) is 7.83. The second-order valence-electron chi connectivity index (χ2n) is 6.74. The summed E-state index contributed by atoms with van der Waals surface area (Å²) >= 11 is 1.77. The first-order chi connectivity index (χ1) is 10.6. The number of nitrogens with zero attached hydrogens (tertiary/aromatic N) is 1. The monoisotopic (exact) mass is 354 g/mol. The summed E-state index contributed by atoms with van der Waals surface area (Å²) in [6, 6.07) is 12.0. The van der Waals surface area contributed by atoms with Gasteiger partial charge in [0, 0.05) is 41.7 Å². The molecule has 23 heavy (non-hydrogen) atoms. The normalized spacial score (nSPS) is 27.1. The lowest BCUT2D eigenvalue weighted by Gasteiger charge is -2.36. The minimum absolute atomic E-state index is 0. The maximum Gasteiger partial charge on any atom is 0.226 e. The van der Waals surface area contributed by atoms with Gasteiger partial charge < -0.3 is 10.2 Å². The van der Waals surface area contributed by atoms with E-state index in [2.05, 4.69) is 24.4 Å². The molecule has 0 aliphatic carbocycles. The van der Waals surface area contributed by atoms with Gasteiger partial charge in [-0.15, -0.1) is 24.2 Å². The molecule has 1 amide bonds. The van der Waals surface area contributed by atoms with Gasteiger partial charge in [0.25, 0.3) is 0 Å². The summed E-state index contributed by atoms with van der Waals surface area (Å²) < 4.78 is 0. The van der Waals surface area contributed by atoms with Gasteiger partial charge >= 0.3 is 0 Å². The van der Waals surface area contributed by atoms with Crippen LogP contribution in [0.4, 0.5) is 0 Å². The van der Waals surface area contributed by atoms with Crippen molar-refractivity contribution in [3.8, 4) is 0 Å². The van der Waals surface area contributed by atoms with Gasteiger partial charge in [0.2, 0.25) is 5.91 Å². The van der Waals surface area contributed by atoms with E-state index in [0.717, 1.165) is 18.6 Å². The molecule has 1 aromatic carbocycles. The van der Waals surface area contributed by atoms with Crippen LogP contribution in [0.5, 0.6) is 0 Å². The van der Waals surface area contributed by atoms with Crippen LogP contribution in [0.2, 0.25) is 0 Å². The quantitative estimate of drug-likeness (QED) is 0.820. The minimum atomic E-state index is 0. The van der Waals surface area contributed by atoms with E-state index >= 15 is 0 Å². The zero-order valence-electron chi connectivity index (χ0n) is 13.9. The molecule has 0 spiro atoms. The summed E-state index contributed by atoms with van der Waals surface area (Å²) in [4.78, 5) is 16.0. The largest absolute Gasteiger partial charge is 0.342 e. The molecule has 1 N–H and O–H groups in total. The Kier molecular flexibility index (Phi) is 6.81. The van der Waals surface area contributed by atoms with E-state index in [1.165, 1.54) is 17.7 Å². The molecule has 2 heterocycles. The van der Waals surface area contributed by atoms with Crippen LogP contribution >= 0.6 is 24.2 Å². The molecule has 2 aliphatic rings.